The predicted molar refractivity (Wildman–Crippen MR) is 64.1 cm³/mol. The van der Waals surface area contributed by atoms with Crippen molar-refractivity contribution in [2.24, 2.45) is 0 Å². The van der Waals surface area contributed by atoms with Crippen LogP contribution in [0.2, 0.25) is 0 Å². The number of carbonyl (C=O) groups excluding carboxylic acids is 1. The SMILES string of the molecule is CCCN1CCC(N2C(=O)CNC2C)CC1. The standard InChI is InChI=1S/C12H23N3O/c1-3-6-14-7-4-11(5-8-14)15-10(2)13-9-12(15)16/h10-11,13H,3-9H2,1-2H3. The summed E-state index contributed by atoms with van der Waals surface area (Å²) < 4.78 is 0. The lowest BCUT2D eigenvalue weighted by atomic mass is 10.0. The molecule has 0 aromatic carbocycles. The molecule has 1 unspecified atom stereocenters. The molecule has 0 aromatic heterocycles. The number of amides is 1. The van der Waals surface area contributed by atoms with Crippen molar-refractivity contribution in [1.82, 2.24) is 15.1 Å². The number of nitrogens with one attached hydrogen (secondary N) is 1. The molecule has 0 spiro atoms. The molecule has 4 nitrogen and oxygen atoms in total. The van der Waals surface area contributed by atoms with Crippen molar-refractivity contribution < 1.29 is 4.79 Å². The zero-order chi connectivity index (χ0) is 11.5. The fraction of sp³-hybridized carbons (Fsp3) is 0.917. The summed E-state index contributed by atoms with van der Waals surface area (Å²) in [5.41, 5.74) is 0. The maximum Gasteiger partial charge on any atom is 0.238 e. The average molecular weight is 225 g/mol. The molecule has 2 heterocycles. The van der Waals surface area contributed by atoms with Gasteiger partial charge < -0.3 is 9.80 Å². The smallest absolute Gasteiger partial charge is 0.238 e. The second-order valence-electron chi connectivity index (χ2n) is 4.93. The summed E-state index contributed by atoms with van der Waals surface area (Å²) in [4.78, 5) is 16.3. The van der Waals surface area contributed by atoms with Gasteiger partial charge in [-0.2, -0.15) is 0 Å². The first-order valence-corrected chi connectivity index (χ1v) is 6.49. The highest BCUT2D eigenvalue weighted by atomic mass is 16.2. The number of likely N-dealkylation sites (tertiary alicyclic amines) is 1. The van der Waals surface area contributed by atoms with Gasteiger partial charge in [0.15, 0.2) is 0 Å². The minimum Gasteiger partial charge on any atom is -0.323 e. The van der Waals surface area contributed by atoms with Crippen LogP contribution in [0.4, 0.5) is 0 Å². The highest BCUT2D eigenvalue weighted by molar-refractivity contribution is 5.80. The molecule has 4 heteroatoms. The summed E-state index contributed by atoms with van der Waals surface area (Å²) in [6.07, 6.45) is 3.73. The molecule has 1 atom stereocenters. The molecule has 2 rings (SSSR count). The maximum absolute atomic E-state index is 11.7. The molecule has 0 radical (unpaired) electrons. The van der Waals surface area contributed by atoms with Crippen LogP contribution in [0.1, 0.15) is 33.1 Å². The monoisotopic (exact) mass is 225 g/mol. The van der Waals surface area contributed by atoms with E-state index < -0.39 is 0 Å². The molecule has 2 saturated heterocycles. The van der Waals surface area contributed by atoms with Crippen LogP contribution in [0.25, 0.3) is 0 Å². The van der Waals surface area contributed by atoms with Crippen molar-refractivity contribution in [1.29, 1.82) is 0 Å². The van der Waals surface area contributed by atoms with E-state index in [2.05, 4.69) is 29.0 Å². The van der Waals surface area contributed by atoms with Crippen molar-refractivity contribution in [2.45, 2.75) is 45.3 Å². The van der Waals surface area contributed by atoms with Crippen LogP contribution in [0, 0.1) is 0 Å². The number of nitrogens with zero attached hydrogens (tertiary/aromatic N) is 2. The highest BCUT2D eigenvalue weighted by Crippen LogP contribution is 2.20. The summed E-state index contributed by atoms with van der Waals surface area (Å²) in [5, 5.41) is 3.22. The summed E-state index contributed by atoms with van der Waals surface area (Å²) >= 11 is 0. The zero-order valence-electron chi connectivity index (χ0n) is 10.4. The first-order chi connectivity index (χ1) is 7.72. The number of hydrogen-bond acceptors (Lipinski definition) is 3. The molecule has 0 saturated carbocycles. The van der Waals surface area contributed by atoms with E-state index in [0.717, 1.165) is 25.9 Å². The fourth-order valence-corrected chi connectivity index (χ4v) is 2.90. The lowest BCUT2D eigenvalue weighted by Crippen LogP contribution is -2.49. The molecule has 2 aliphatic rings. The third kappa shape index (κ3) is 2.38. The van der Waals surface area contributed by atoms with E-state index in [1.54, 1.807) is 0 Å². The molecule has 2 aliphatic heterocycles. The second kappa shape index (κ2) is 5.15. The van der Waals surface area contributed by atoms with Gasteiger partial charge in [0, 0.05) is 19.1 Å². The molecule has 2 fully saturated rings. The molecule has 0 bridgehead atoms. The Hall–Kier alpha value is -0.610. The minimum atomic E-state index is 0.232. The molecule has 0 aromatic rings. The van der Waals surface area contributed by atoms with Crippen molar-refractivity contribution in [3.05, 3.63) is 0 Å². The molecule has 0 aliphatic carbocycles. The summed E-state index contributed by atoms with van der Waals surface area (Å²) in [5.74, 6) is 0.279. The van der Waals surface area contributed by atoms with Crippen LogP contribution in [0.5, 0.6) is 0 Å². The van der Waals surface area contributed by atoms with E-state index in [9.17, 15) is 4.79 Å². The summed E-state index contributed by atoms with van der Waals surface area (Å²) in [6.45, 7) is 8.33. The topological polar surface area (TPSA) is 35.6 Å². The van der Waals surface area contributed by atoms with Crippen molar-refractivity contribution >= 4 is 5.91 Å². The van der Waals surface area contributed by atoms with Crippen LogP contribution >= 0.6 is 0 Å². The third-order valence-corrected chi connectivity index (χ3v) is 3.74. The molecule has 16 heavy (non-hydrogen) atoms. The van der Waals surface area contributed by atoms with Gasteiger partial charge in [-0.1, -0.05) is 6.92 Å². The van der Waals surface area contributed by atoms with Crippen molar-refractivity contribution in [2.75, 3.05) is 26.2 Å². The molecule has 1 amide bonds. The van der Waals surface area contributed by atoms with Crippen LogP contribution in [0.3, 0.4) is 0 Å². The quantitative estimate of drug-likeness (QED) is 0.765. The maximum atomic E-state index is 11.7. The summed E-state index contributed by atoms with van der Waals surface area (Å²) in [7, 11) is 0. The number of carbonyl (C=O) groups is 1. The fourth-order valence-electron chi connectivity index (χ4n) is 2.90. The predicted octanol–water partition coefficient (Wildman–Crippen LogP) is 0.639. The molecule has 1 N–H and O–H groups in total. The Morgan fingerprint density at radius 2 is 2.06 bits per heavy atom. The first-order valence-electron chi connectivity index (χ1n) is 6.49. The van der Waals surface area contributed by atoms with Crippen molar-refractivity contribution in [3.8, 4) is 0 Å². The largest absolute Gasteiger partial charge is 0.323 e. The van der Waals surface area contributed by atoms with Gasteiger partial charge in [0.2, 0.25) is 5.91 Å². The molecular formula is C12H23N3O. The zero-order valence-corrected chi connectivity index (χ0v) is 10.4. The van der Waals surface area contributed by atoms with Gasteiger partial charge in [0.1, 0.15) is 0 Å². The van der Waals surface area contributed by atoms with Crippen LogP contribution in [-0.2, 0) is 4.79 Å². The van der Waals surface area contributed by atoms with Gasteiger partial charge in [-0.3, -0.25) is 10.1 Å². The Morgan fingerprint density at radius 1 is 1.38 bits per heavy atom. The highest BCUT2D eigenvalue weighted by Gasteiger charge is 2.34. The van der Waals surface area contributed by atoms with Gasteiger partial charge in [-0.25, -0.2) is 0 Å². The molecule has 92 valence electrons. The number of rotatable bonds is 3. The van der Waals surface area contributed by atoms with E-state index in [4.69, 9.17) is 0 Å². The van der Waals surface area contributed by atoms with Gasteiger partial charge in [-0.05, 0) is 32.7 Å². The summed E-state index contributed by atoms with van der Waals surface area (Å²) in [6, 6.07) is 0.464. The van der Waals surface area contributed by atoms with Gasteiger partial charge in [0.25, 0.3) is 0 Å². The van der Waals surface area contributed by atoms with E-state index >= 15 is 0 Å². The van der Waals surface area contributed by atoms with E-state index in [1.165, 1.54) is 13.0 Å². The van der Waals surface area contributed by atoms with Gasteiger partial charge >= 0.3 is 0 Å². The third-order valence-electron chi connectivity index (χ3n) is 3.74. The number of piperidine rings is 1. The van der Waals surface area contributed by atoms with Crippen molar-refractivity contribution in [3.63, 3.8) is 0 Å². The van der Waals surface area contributed by atoms with E-state index in [-0.39, 0.29) is 12.1 Å². The Morgan fingerprint density at radius 3 is 2.56 bits per heavy atom. The lowest BCUT2D eigenvalue weighted by Gasteiger charge is -2.38. The van der Waals surface area contributed by atoms with Crippen LogP contribution in [-0.4, -0.2) is 54.1 Å². The Kier molecular flexibility index (Phi) is 3.82. The first kappa shape index (κ1) is 11.9. The van der Waals surface area contributed by atoms with Crippen LogP contribution < -0.4 is 5.32 Å². The molecular weight excluding hydrogens is 202 g/mol. The Labute approximate surface area is 98.0 Å². The Bertz CT molecular complexity index is 249. The lowest BCUT2D eigenvalue weighted by molar-refractivity contribution is -0.130. The van der Waals surface area contributed by atoms with Gasteiger partial charge in [0.05, 0.1) is 12.7 Å². The number of hydrogen-bond donors (Lipinski definition) is 1. The Balaban J connectivity index is 1.86. The van der Waals surface area contributed by atoms with Crippen LogP contribution in [0.15, 0.2) is 0 Å². The second-order valence-corrected chi connectivity index (χ2v) is 4.93. The van der Waals surface area contributed by atoms with Gasteiger partial charge in [-0.15, -0.1) is 0 Å². The normalized spacial score (nSPS) is 29.0. The van der Waals surface area contributed by atoms with E-state index in [0.29, 0.717) is 12.6 Å². The average Bonchev–Trinajstić information content (AvgIpc) is 2.61. The minimum absolute atomic E-state index is 0.232. The van der Waals surface area contributed by atoms with E-state index in [1.807, 2.05) is 0 Å².